The highest BCUT2D eigenvalue weighted by atomic mass is 16.4. The second-order valence-corrected chi connectivity index (χ2v) is 5.31. The molecule has 0 amide bonds. The fourth-order valence-electron chi connectivity index (χ4n) is 2.09. The van der Waals surface area contributed by atoms with Crippen LogP contribution in [0.2, 0.25) is 0 Å². The van der Waals surface area contributed by atoms with Crippen LogP contribution >= 0.6 is 0 Å². The number of nitrogens with zero attached hydrogens (tertiary/aromatic N) is 1. The maximum Gasteiger partial charge on any atom is 0.313 e. The number of hydrogen-bond acceptors (Lipinski definition) is 2. The van der Waals surface area contributed by atoms with E-state index in [4.69, 9.17) is 5.11 Å². The van der Waals surface area contributed by atoms with Gasteiger partial charge in [-0.05, 0) is 44.9 Å². The van der Waals surface area contributed by atoms with Crippen LogP contribution < -0.4 is 4.90 Å². The number of carboxylic acid groups (broad SMARTS) is 1. The van der Waals surface area contributed by atoms with Crippen LogP contribution in [-0.2, 0) is 10.2 Å². The van der Waals surface area contributed by atoms with Crippen molar-refractivity contribution in [1.29, 1.82) is 0 Å². The summed E-state index contributed by atoms with van der Waals surface area (Å²) >= 11 is 0. The van der Waals surface area contributed by atoms with Crippen LogP contribution in [0, 0.1) is 0 Å². The van der Waals surface area contributed by atoms with Crippen molar-refractivity contribution < 1.29 is 9.90 Å². The van der Waals surface area contributed by atoms with Crippen LogP contribution in [0.4, 0.5) is 5.69 Å². The quantitative estimate of drug-likeness (QED) is 0.872. The summed E-state index contributed by atoms with van der Waals surface area (Å²) in [5.74, 6) is -0.789. The number of aliphatic carboxylic acids is 1. The van der Waals surface area contributed by atoms with Crippen molar-refractivity contribution in [3.8, 4) is 0 Å². The van der Waals surface area contributed by atoms with Crippen LogP contribution in [0.5, 0.6) is 0 Å². The number of rotatable bonds is 3. The number of hydrogen-bond donors (Lipinski definition) is 1. The maximum absolute atomic E-state index is 11.1. The molecule has 1 atom stereocenters. The summed E-state index contributed by atoms with van der Waals surface area (Å²) in [5.41, 5.74) is 1.22. The molecule has 1 aromatic rings. The zero-order valence-electron chi connectivity index (χ0n) is 10.6. The minimum atomic E-state index is -0.820. The average molecular weight is 233 g/mol. The second-order valence-electron chi connectivity index (χ2n) is 5.31. The van der Waals surface area contributed by atoms with Gasteiger partial charge >= 0.3 is 5.97 Å². The molecule has 0 spiro atoms. The van der Waals surface area contributed by atoms with Gasteiger partial charge in [0.1, 0.15) is 0 Å². The lowest BCUT2D eigenvalue weighted by molar-refractivity contribution is -0.142. The Hall–Kier alpha value is -1.51. The molecule has 1 heterocycles. The molecule has 0 radical (unpaired) electrons. The third kappa shape index (κ3) is 2.02. The zero-order chi connectivity index (χ0) is 12.6. The number of benzene rings is 1. The molecule has 0 saturated carbocycles. The Balaban J connectivity index is 2.21. The second kappa shape index (κ2) is 4.06. The van der Waals surface area contributed by atoms with E-state index < -0.39 is 11.4 Å². The Morgan fingerprint density at radius 3 is 2.29 bits per heavy atom. The van der Waals surface area contributed by atoms with Crippen LogP contribution in [0.1, 0.15) is 32.8 Å². The number of carboxylic acids is 1. The summed E-state index contributed by atoms with van der Waals surface area (Å²) in [6.07, 6.45) is 1.24. The number of anilines is 1. The summed E-state index contributed by atoms with van der Waals surface area (Å²) in [6.45, 7) is 6.77. The lowest BCUT2D eigenvalue weighted by Gasteiger charge is -2.41. The summed E-state index contributed by atoms with van der Waals surface area (Å²) < 4.78 is 0. The first-order valence-corrected chi connectivity index (χ1v) is 6.03. The fraction of sp³-hybridized carbons (Fsp3) is 0.500. The third-order valence-corrected chi connectivity index (χ3v) is 3.78. The van der Waals surface area contributed by atoms with E-state index in [0.29, 0.717) is 6.04 Å². The van der Waals surface area contributed by atoms with Crippen molar-refractivity contribution in [3.63, 3.8) is 0 Å². The van der Waals surface area contributed by atoms with Crippen molar-refractivity contribution in [2.24, 2.45) is 0 Å². The van der Waals surface area contributed by atoms with Gasteiger partial charge in [0, 0.05) is 18.3 Å². The smallest absolute Gasteiger partial charge is 0.313 e. The molecular weight excluding hydrogens is 214 g/mol. The molecule has 0 aliphatic carbocycles. The van der Waals surface area contributed by atoms with E-state index in [9.17, 15) is 4.79 Å². The highest BCUT2D eigenvalue weighted by molar-refractivity contribution is 5.80. The van der Waals surface area contributed by atoms with Gasteiger partial charge in [0.15, 0.2) is 0 Å². The van der Waals surface area contributed by atoms with E-state index in [-0.39, 0.29) is 0 Å². The van der Waals surface area contributed by atoms with Crippen molar-refractivity contribution in [2.45, 2.75) is 38.6 Å². The predicted octanol–water partition coefficient (Wildman–Crippen LogP) is 2.65. The van der Waals surface area contributed by atoms with Gasteiger partial charge in [-0.15, -0.1) is 0 Å². The minimum Gasteiger partial charge on any atom is -0.481 e. The lowest BCUT2D eigenvalue weighted by atomic mass is 9.84. The Morgan fingerprint density at radius 1 is 1.35 bits per heavy atom. The van der Waals surface area contributed by atoms with E-state index in [2.05, 4.69) is 11.8 Å². The monoisotopic (exact) mass is 233 g/mol. The number of carbonyl (C=O) groups is 1. The van der Waals surface area contributed by atoms with Gasteiger partial charge in [-0.1, -0.05) is 12.1 Å². The molecule has 17 heavy (non-hydrogen) atoms. The molecule has 2 rings (SSSR count). The molecule has 3 nitrogen and oxygen atoms in total. The maximum atomic E-state index is 11.1. The molecule has 1 aromatic carbocycles. The van der Waals surface area contributed by atoms with E-state index in [1.54, 1.807) is 13.8 Å². The normalized spacial score (nSPS) is 19.9. The van der Waals surface area contributed by atoms with Crippen LogP contribution in [0.15, 0.2) is 24.3 Å². The topological polar surface area (TPSA) is 40.5 Å². The SMILES string of the molecule is CC1CCN1c1ccc(C(C)(C)C(=O)O)cc1. The van der Waals surface area contributed by atoms with Crippen molar-refractivity contribution in [1.82, 2.24) is 0 Å². The van der Waals surface area contributed by atoms with Gasteiger partial charge in [-0.3, -0.25) is 4.79 Å². The standard InChI is InChI=1S/C14H19NO2/c1-10-8-9-15(10)12-6-4-11(5-7-12)14(2,3)13(16)17/h4-7,10H,8-9H2,1-3H3,(H,16,17). The molecule has 1 N–H and O–H groups in total. The Labute approximate surface area is 102 Å². The molecule has 0 aromatic heterocycles. The molecule has 1 fully saturated rings. The third-order valence-electron chi connectivity index (χ3n) is 3.78. The minimum absolute atomic E-state index is 0.605. The van der Waals surface area contributed by atoms with Crippen LogP contribution in [0.3, 0.4) is 0 Å². The first kappa shape index (κ1) is 12.0. The van der Waals surface area contributed by atoms with Gasteiger partial charge in [-0.2, -0.15) is 0 Å². The van der Waals surface area contributed by atoms with Gasteiger partial charge in [-0.25, -0.2) is 0 Å². The van der Waals surface area contributed by atoms with E-state index in [1.807, 2.05) is 24.3 Å². The molecule has 1 saturated heterocycles. The lowest BCUT2D eigenvalue weighted by Crippen LogP contribution is -2.45. The summed E-state index contributed by atoms with van der Waals surface area (Å²) in [5, 5.41) is 9.16. The summed E-state index contributed by atoms with van der Waals surface area (Å²) in [7, 11) is 0. The van der Waals surface area contributed by atoms with Crippen LogP contribution in [-0.4, -0.2) is 23.7 Å². The Kier molecular flexibility index (Phi) is 2.86. The molecule has 1 aliphatic heterocycles. The largest absolute Gasteiger partial charge is 0.481 e. The Morgan fingerprint density at radius 2 is 1.94 bits per heavy atom. The predicted molar refractivity (Wildman–Crippen MR) is 68.5 cm³/mol. The first-order valence-electron chi connectivity index (χ1n) is 6.03. The van der Waals surface area contributed by atoms with Gasteiger partial charge in [0.05, 0.1) is 5.41 Å². The highest BCUT2D eigenvalue weighted by Crippen LogP contribution is 2.29. The van der Waals surface area contributed by atoms with E-state index >= 15 is 0 Å². The van der Waals surface area contributed by atoms with Crippen molar-refractivity contribution in [3.05, 3.63) is 29.8 Å². The molecule has 1 aliphatic rings. The molecular formula is C14H19NO2. The summed E-state index contributed by atoms with van der Waals surface area (Å²) in [6, 6.07) is 8.50. The highest BCUT2D eigenvalue weighted by Gasteiger charge is 2.30. The van der Waals surface area contributed by atoms with Crippen molar-refractivity contribution >= 4 is 11.7 Å². The van der Waals surface area contributed by atoms with Gasteiger partial charge in [0.25, 0.3) is 0 Å². The van der Waals surface area contributed by atoms with Gasteiger partial charge < -0.3 is 10.0 Å². The fourth-order valence-corrected chi connectivity index (χ4v) is 2.09. The van der Waals surface area contributed by atoms with Crippen LogP contribution in [0.25, 0.3) is 0 Å². The first-order chi connectivity index (χ1) is 7.93. The molecule has 3 heteroatoms. The van der Waals surface area contributed by atoms with Crippen molar-refractivity contribution in [2.75, 3.05) is 11.4 Å². The zero-order valence-corrected chi connectivity index (χ0v) is 10.6. The molecule has 92 valence electrons. The van der Waals surface area contributed by atoms with Gasteiger partial charge in [0.2, 0.25) is 0 Å². The Bertz CT molecular complexity index is 422. The van der Waals surface area contributed by atoms with E-state index in [0.717, 1.165) is 12.1 Å². The molecule has 0 bridgehead atoms. The van der Waals surface area contributed by atoms with E-state index in [1.165, 1.54) is 12.1 Å². The molecule has 1 unspecified atom stereocenters. The summed E-state index contributed by atoms with van der Waals surface area (Å²) in [4.78, 5) is 13.5. The average Bonchev–Trinajstić information content (AvgIpc) is 2.27.